The second kappa shape index (κ2) is 7.29. The SMILES string of the molecule is COc1cccc2[nH]c([C@@H]3CCCN3C(=O)c3cc(C)ccc3-n3nccn3)nc12. The van der Waals surface area contributed by atoms with E-state index in [0.717, 1.165) is 41.0 Å². The van der Waals surface area contributed by atoms with Gasteiger partial charge in [-0.05, 0) is 44.0 Å². The van der Waals surface area contributed by atoms with Gasteiger partial charge in [-0.2, -0.15) is 15.0 Å². The highest BCUT2D eigenvalue weighted by Crippen LogP contribution is 2.35. The predicted molar refractivity (Wildman–Crippen MR) is 112 cm³/mol. The van der Waals surface area contributed by atoms with Gasteiger partial charge in [0, 0.05) is 6.54 Å². The average molecular weight is 402 g/mol. The van der Waals surface area contributed by atoms with Crippen LogP contribution in [0.1, 0.15) is 40.6 Å². The van der Waals surface area contributed by atoms with Crippen LogP contribution in [0.15, 0.2) is 48.8 Å². The van der Waals surface area contributed by atoms with Crippen molar-refractivity contribution >= 4 is 16.9 Å². The van der Waals surface area contributed by atoms with Gasteiger partial charge >= 0.3 is 0 Å². The summed E-state index contributed by atoms with van der Waals surface area (Å²) in [5.41, 5.74) is 3.96. The topological polar surface area (TPSA) is 88.9 Å². The molecule has 0 bridgehead atoms. The minimum absolute atomic E-state index is 0.0408. The number of fused-ring (bicyclic) bond motifs is 1. The first kappa shape index (κ1) is 18.4. The number of rotatable bonds is 4. The Labute approximate surface area is 173 Å². The fraction of sp³-hybridized carbons (Fsp3) is 0.273. The van der Waals surface area contributed by atoms with Gasteiger partial charge in [-0.25, -0.2) is 4.98 Å². The Balaban J connectivity index is 1.53. The van der Waals surface area contributed by atoms with Crippen molar-refractivity contribution in [1.29, 1.82) is 0 Å². The molecule has 0 radical (unpaired) electrons. The van der Waals surface area contributed by atoms with E-state index in [0.29, 0.717) is 17.8 Å². The van der Waals surface area contributed by atoms with Gasteiger partial charge in [-0.3, -0.25) is 4.79 Å². The highest BCUT2D eigenvalue weighted by Gasteiger charge is 2.34. The molecule has 1 atom stereocenters. The molecule has 0 aliphatic carbocycles. The number of hydrogen-bond acceptors (Lipinski definition) is 5. The third kappa shape index (κ3) is 3.01. The fourth-order valence-electron chi connectivity index (χ4n) is 4.13. The van der Waals surface area contributed by atoms with E-state index in [1.165, 1.54) is 4.80 Å². The number of imidazole rings is 1. The molecule has 0 spiro atoms. The number of carbonyl (C=O) groups excluding carboxylic acids is 1. The number of hydrogen-bond donors (Lipinski definition) is 1. The summed E-state index contributed by atoms with van der Waals surface area (Å²) in [4.78, 5) is 25.2. The summed E-state index contributed by atoms with van der Waals surface area (Å²) in [6.07, 6.45) is 4.99. The number of aromatic nitrogens is 5. The number of carbonyl (C=O) groups is 1. The van der Waals surface area contributed by atoms with Crippen LogP contribution in [-0.2, 0) is 0 Å². The number of H-pyrrole nitrogens is 1. The molecule has 1 amide bonds. The number of likely N-dealkylation sites (tertiary alicyclic amines) is 1. The zero-order chi connectivity index (χ0) is 20.7. The molecule has 1 N–H and O–H groups in total. The van der Waals surface area contributed by atoms with Gasteiger partial charge in [-0.1, -0.05) is 17.7 Å². The maximum Gasteiger partial charge on any atom is 0.256 e. The van der Waals surface area contributed by atoms with Crippen LogP contribution in [0, 0.1) is 6.92 Å². The number of nitrogens with zero attached hydrogens (tertiary/aromatic N) is 5. The Hall–Kier alpha value is -3.68. The number of ether oxygens (including phenoxy) is 1. The lowest BCUT2D eigenvalue weighted by molar-refractivity contribution is 0.0730. The molecule has 8 heteroatoms. The molecule has 152 valence electrons. The monoisotopic (exact) mass is 402 g/mol. The van der Waals surface area contributed by atoms with Crippen LogP contribution in [-0.4, -0.2) is 49.4 Å². The van der Waals surface area contributed by atoms with Crippen molar-refractivity contribution in [1.82, 2.24) is 29.9 Å². The summed E-state index contributed by atoms with van der Waals surface area (Å²) in [5, 5.41) is 8.43. The standard InChI is InChI=1S/C22H22N6O2/c1-14-8-9-17(28-23-10-11-24-28)15(13-14)22(29)27-12-4-6-18(27)21-25-16-5-3-7-19(30-2)20(16)26-21/h3,5,7-11,13,18H,4,6,12H2,1-2H3,(H,25,26)/t18-/m0/s1. The zero-order valence-corrected chi connectivity index (χ0v) is 16.9. The van der Waals surface area contributed by atoms with Gasteiger partial charge in [0.1, 0.15) is 17.1 Å². The summed E-state index contributed by atoms with van der Waals surface area (Å²) < 4.78 is 5.44. The van der Waals surface area contributed by atoms with Gasteiger partial charge in [0.05, 0.1) is 42.3 Å². The molecule has 1 aliphatic heterocycles. The molecule has 30 heavy (non-hydrogen) atoms. The molecule has 2 aromatic heterocycles. The molecule has 4 aromatic rings. The number of para-hydroxylation sites is 1. The van der Waals surface area contributed by atoms with Gasteiger partial charge in [-0.15, -0.1) is 0 Å². The van der Waals surface area contributed by atoms with Crippen molar-refractivity contribution in [3.63, 3.8) is 0 Å². The van der Waals surface area contributed by atoms with E-state index >= 15 is 0 Å². The number of amides is 1. The summed E-state index contributed by atoms with van der Waals surface area (Å²) in [7, 11) is 1.64. The first-order valence-corrected chi connectivity index (χ1v) is 9.96. The lowest BCUT2D eigenvalue weighted by atomic mass is 10.1. The minimum Gasteiger partial charge on any atom is -0.494 e. The smallest absolute Gasteiger partial charge is 0.256 e. The summed E-state index contributed by atoms with van der Waals surface area (Å²) in [5.74, 6) is 1.46. The zero-order valence-electron chi connectivity index (χ0n) is 16.9. The lowest BCUT2D eigenvalue weighted by Crippen LogP contribution is -2.32. The maximum atomic E-state index is 13.6. The van der Waals surface area contributed by atoms with Crippen molar-refractivity contribution in [2.24, 2.45) is 0 Å². The van der Waals surface area contributed by atoms with Crippen molar-refractivity contribution in [3.05, 3.63) is 65.7 Å². The average Bonchev–Trinajstić information content (AvgIpc) is 3.52. The molecule has 0 unspecified atom stereocenters. The summed E-state index contributed by atoms with van der Waals surface area (Å²) in [6, 6.07) is 11.4. The van der Waals surface area contributed by atoms with E-state index in [4.69, 9.17) is 9.72 Å². The van der Waals surface area contributed by atoms with Crippen LogP contribution in [0.25, 0.3) is 16.7 Å². The Kier molecular flexibility index (Phi) is 4.46. The fourth-order valence-corrected chi connectivity index (χ4v) is 4.13. The van der Waals surface area contributed by atoms with Crippen LogP contribution in [0.2, 0.25) is 0 Å². The van der Waals surface area contributed by atoms with Gasteiger partial charge in [0.2, 0.25) is 0 Å². The van der Waals surface area contributed by atoms with Crippen LogP contribution in [0.3, 0.4) is 0 Å². The van der Waals surface area contributed by atoms with Crippen LogP contribution >= 0.6 is 0 Å². The van der Waals surface area contributed by atoms with Crippen LogP contribution in [0.5, 0.6) is 5.75 Å². The molecular weight excluding hydrogens is 380 g/mol. The van der Waals surface area contributed by atoms with Crippen molar-refractivity contribution in [2.75, 3.05) is 13.7 Å². The predicted octanol–water partition coefficient (Wildman–Crippen LogP) is 3.44. The Morgan fingerprint density at radius 3 is 2.83 bits per heavy atom. The normalized spacial score (nSPS) is 16.3. The van der Waals surface area contributed by atoms with Gasteiger partial charge < -0.3 is 14.6 Å². The number of aryl methyl sites for hydroxylation is 1. The molecular formula is C22H22N6O2. The quantitative estimate of drug-likeness (QED) is 0.565. The number of benzene rings is 2. The minimum atomic E-state index is -0.117. The molecule has 8 nitrogen and oxygen atoms in total. The van der Waals surface area contributed by atoms with E-state index in [1.807, 2.05) is 48.2 Å². The number of aromatic amines is 1. The Morgan fingerprint density at radius 2 is 2.03 bits per heavy atom. The molecule has 3 heterocycles. The second-order valence-electron chi connectivity index (χ2n) is 7.47. The van der Waals surface area contributed by atoms with E-state index < -0.39 is 0 Å². The largest absolute Gasteiger partial charge is 0.494 e. The molecule has 1 fully saturated rings. The molecule has 1 saturated heterocycles. The van der Waals surface area contributed by atoms with E-state index in [1.54, 1.807) is 19.5 Å². The lowest BCUT2D eigenvalue weighted by Gasteiger charge is -2.24. The Morgan fingerprint density at radius 1 is 1.20 bits per heavy atom. The third-order valence-corrected chi connectivity index (χ3v) is 5.56. The maximum absolute atomic E-state index is 13.6. The highest BCUT2D eigenvalue weighted by molar-refractivity contribution is 5.98. The van der Waals surface area contributed by atoms with Crippen LogP contribution < -0.4 is 4.74 Å². The molecule has 2 aromatic carbocycles. The first-order chi connectivity index (χ1) is 14.7. The van der Waals surface area contributed by atoms with Gasteiger partial charge in [0.25, 0.3) is 5.91 Å². The van der Waals surface area contributed by atoms with E-state index in [9.17, 15) is 4.79 Å². The number of nitrogens with one attached hydrogen (secondary N) is 1. The first-order valence-electron chi connectivity index (χ1n) is 9.96. The van der Waals surface area contributed by atoms with Gasteiger partial charge in [0.15, 0.2) is 0 Å². The Bertz CT molecular complexity index is 1210. The summed E-state index contributed by atoms with van der Waals surface area (Å²) in [6.45, 7) is 2.65. The molecule has 0 saturated carbocycles. The van der Waals surface area contributed by atoms with E-state index in [2.05, 4.69) is 15.2 Å². The molecule has 5 rings (SSSR count). The highest BCUT2D eigenvalue weighted by atomic mass is 16.5. The van der Waals surface area contributed by atoms with Crippen molar-refractivity contribution < 1.29 is 9.53 Å². The molecule has 1 aliphatic rings. The van der Waals surface area contributed by atoms with E-state index in [-0.39, 0.29) is 11.9 Å². The van der Waals surface area contributed by atoms with Crippen molar-refractivity contribution in [3.8, 4) is 11.4 Å². The number of methoxy groups -OCH3 is 1. The van der Waals surface area contributed by atoms with Crippen molar-refractivity contribution in [2.45, 2.75) is 25.8 Å². The van der Waals surface area contributed by atoms with Crippen LogP contribution in [0.4, 0.5) is 0 Å². The third-order valence-electron chi connectivity index (χ3n) is 5.56. The second-order valence-corrected chi connectivity index (χ2v) is 7.47. The summed E-state index contributed by atoms with van der Waals surface area (Å²) >= 11 is 0.